The fourth-order valence-corrected chi connectivity index (χ4v) is 2.43. The van der Waals surface area contributed by atoms with Crippen LogP contribution in [-0.2, 0) is 13.0 Å². The third-order valence-electron chi connectivity index (χ3n) is 3.80. The Kier molecular flexibility index (Phi) is 7.30. The molecular weight excluding hydrogens is 431 g/mol. The minimum atomic E-state index is 0. The average molecular weight is 454 g/mol. The van der Waals surface area contributed by atoms with Gasteiger partial charge < -0.3 is 20.1 Å². The molecule has 1 aromatic carbocycles. The van der Waals surface area contributed by atoms with Crippen molar-refractivity contribution in [3.05, 3.63) is 53.3 Å². The lowest BCUT2D eigenvalue weighted by atomic mass is 10.2. The number of benzene rings is 1. The quantitative estimate of drug-likeness (QED) is 0.413. The van der Waals surface area contributed by atoms with E-state index in [1.54, 1.807) is 7.05 Å². The van der Waals surface area contributed by atoms with Crippen LogP contribution in [0.1, 0.15) is 16.8 Å². The summed E-state index contributed by atoms with van der Waals surface area (Å²) in [7, 11) is 1.77. The summed E-state index contributed by atoms with van der Waals surface area (Å²) in [5, 5.41) is 6.61. The largest absolute Gasteiger partial charge is 0.454 e. The predicted molar refractivity (Wildman–Crippen MR) is 109 cm³/mol. The zero-order chi connectivity index (χ0) is 16.8. The van der Waals surface area contributed by atoms with Crippen LogP contribution in [0, 0.1) is 6.92 Å². The summed E-state index contributed by atoms with van der Waals surface area (Å²) in [6.07, 6.45) is 2.82. The smallest absolute Gasteiger partial charge is 0.231 e. The molecule has 2 heterocycles. The molecule has 0 saturated carbocycles. The van der Waals surface area contributed by atoms with Crippen molar-refractivity contribution in [1.82, 2.24) is 15.6 Å². The van der Waals surface area contributed by atoms with Gasteiger partial charge in [0.05, 0.1) is 0 Å². The van der Waals surface area contributed by atoms with E-state index in [9.17, 15) is 0 Å². The fourth-order valence-electron chi connectivity index (χ4n) is 2.43. The van der Waals surface area contributed by atoms with E-state index in [1.807, 2.05) is 37.4 Å². The van der Waals surface area contributed by atoms with Gasteiger partial charge in [0.1, 0.15) is 0 Å². The Balaban J connectivity index is 0.00000225. The van der Waals surface area contributed by atoms with E-state index >= 15 is 0 Å². The number of fused-ring (bicyclic) bond motifs is 1. The number of aromatic nitrogens is 1. The highest BCUT2D eigenvalue weighted by Crippen LogP contribution is 2.32. The number of nitrogens with one attached hydrogen (secondary N) is 2. The first-order valence-corrected chi connectivity index (χ1v) is 7.99. The molecule has 0 aliphatic carbocycles. The highest BCUT2D eigenvalue weighted by molar-refractivity contribution is 14.0. The maximum atomic E-state index is 5.39. The summed E-state index contributed by atoms with van der Waals surface area (Å²) in [5.41, 5.74) is 3.36. The second-order valence-corrected chi connectivity index (χ2v) is 5.60. The first-order valence-electron chi connectivity index (χ1n) is 7.99. The number of halogens is 1. The molecule has 0 atom stereocenters. The van der Waals surface area contributed by atoms with E-state index in [2.05, 4.69) is 26.7 Å². The van der Waals surface area contributed by atoms with Gasteiger partial charge in [-0.15, -0.1) is 24.0 Å². The van der Waals surface area contributed by atoms with Crippen LogP contribution in [0.4, 0.5) is 0 Å². The molecular formula is C18H23IN4O2. The van der Waals surface area contributed by atoms with Crippen LogP contribution >= 0.6 is 24.0 Å². The predicted octanol–water partition coefficient (Wildman–Crippen LogP) is 2.64. The first-order chi connectivity index (χ1) is 11.7. The number of hydrogen-bond donors (Lipinski definition) is 2. The molecule has 0 fully saturated rings. The first kappa shape index (κ1) is 19.3. The van der Waals surface area contributed by atoms with Crippen LogP contribution in [0.25, 0.3) is 0 Å². The Morgan fingerprint density at radius 2 is 1.92 bits per heavy atom. The van der Waals surface area contributed by atoms with Crippen molar-refractivity contribution in [3.8, 4) is 11.5 Å². The third kappa shape index (κ3) is 5.48. The Bertz CT molecular complexity index is 720. The van der Waals surface area contributed by atoms with Crippen molar-refractivity contribution in [2.75, 3.05) is 20.4 Å². The molecule has 1 aliphatic heterocycles. The normalized spacial score (nSPS) is 12.5. The van der Waals surface area contributed by atoms with Crippen molar-refractivity contribution in [2.24, 2.45) is 4.99 Å². The Morgan fingerprint density at radius 3 is 2.68 bits per heavy atom. The number of guanidine groups is 1. The summed E-state index contributed by atoms with van der Waals surface area (Å²) >= 11 is 0. The lowest BCUT2D eigenvalue weighted by molar-refractivity contribution is 0.174. The van der Waals surface area contributed by atoms with Crippen molar-refractivity contribution in [3.63, 3.8) is 0 Å². The fraction of sp³-hybridized carbons (Fsp3) is 0.333. The van der Waals surface area contributed by atoms with Gasteiger partial charge in [0.2, 0.25) is 6.79 Å². The molecule has 134 valence electrons. The molecule has 3 rings (SSSR count). The van der Waals surface area contributed by atoms with Gasteiger partial charge >= 0.3 is 0 Å². The van der Waals surface area contributed by atoms with Gasteiger partial charge in [-0.3, -0.25) is 9.98 Å². The summed E-state index contributed by atoms with van der Waals surface area (Å²) in [5.74, 6) is 2.37. The van der Waals surface area contributed by atoms with Crippen molar-refractivity contribution >= 4 is 29.9 Å². The van der Waals surface area contributed by atoms with Gasteiger partial charge in [0.25, 0.3) is 0 Å². The molecule has 6 nitrogen and oxygen atoms in total. The lowest BCUT2D eigenvalue weighted by Gasteiger charge is -2.12. The van der Waals surface area contributed by atoms with Crippen LogP contribution in [0.15, 0.2) is 41.5 Å². The molecule has 0 spiro atoms. The molecule has 0 unspecified atom stereocenters. The maximum Gasteiger partial charge on any atom is 0.231 e. The van der Waals surface area contributed by atoms with Crippen molar-refractivity contribution in [2.45, 2.75) is 19.9 Å². The molecule has 2 N–H and O–H groups in total. The minimum absolute atomic E-state index is 0. The summed E-state index contributed by atoms with van der Waals surface area (Å²) < 4.78 is 10.7. The monoisotopic (exact) mass is 454 g/mol. The number of hydrogen-bond acceptors (Lipinski definition) is 4. The molecule has 0 bridgehead atoms. The van der Waals surface area contributed by atoms with Crippen LogP contribution in [0.2, 0.25) is 0 Å². The van der Waals surface area contributed by atoms with Crippen molar-refractivity contribution in [1.29, 1.82) is 0 Å². The number of rotatable bonds is 5. The van der Waals surface area contributed by atoms with Crippen LogP contribution in [-0.4, -0.2) is 31.3 Å². The van der Waals surface area contributed by atoms with E-state index < -0.39 is 0 Å². The standard InChI is InChI=1S/C18H22N4O2.HI/c1-13-3-4-14(10-21-13)7-8-20-18(19-2)22-11-15-5-6-16-17(9-15)24-12-23-16;/h3-6,9-10H,7-8,11-12H2,1-2H3,(H2,19,20,22);1H. The molecule has 1 aromatic heterocycles. The molecule has 2 aromatic rings. The SMILES string of the molecule is CN=C(NCCc1ccc(C)nc1)NCc1ccc2c(c1)OCO2.I. The number of ether oxygens (including phenoxy) is 2. The summed E-state index contributed by atoms with van der Waals surface area (Å²) in [4.78, 5) is 8.55. The van der Waals surface area contributed by atoms with Crippen molar-refractivity contribution < 1.29 is 9.47 Å². The minimum Gasteiger partial charge on any atom is -0.454 e. The Hall–Kier alpha value is -2.03. The number of aliphatic imine (C=N–C) groups is 1. The Morgan fingerprint density at radius 1 is 1.12 bits per heavy atom. The maximum absolute atomic E-state index is 5.39. The van der Waals surface area contributed by atoms with E-state index in [1.165, 1.54) is 5.56 Å². The van der Waals surface area contributed by atoms with E-state index in [4.69, 9.17) is 9.47 Å². The number of nitrogens with zero attached hydrogens (tertiary/aromatic N) is 2. The molecule has 0 amide bonds. The van der Waals surface area contributed by atoms with Crippen LogP contribution < -0.4 is 20.1 Å². The van der Waals surface area contributed by atoms with Gasteiger partial charge in [-0.25, -0.2) is 0 Å². The molecule has 0 radical (unpaired) electrons. The van der Waals surface area contributed by atoms with Gasteiger partial charge in [0.15, 0.2) is 17.5 Å². The van der Waals surface area contributed by atoms with Gasteiger partial charge in [-0.1, -0.05) is 12.1 Å². The average Bonchev–Trinajstić information content (AvgIpc) is 3.07. The van der Waals surface area contributed by atoms with Gasteiger partial charge in [-0.05, 0) is 42.7 Å². The summed E-state index contributed by atoms with van der Waals surface area (Å²) in [6, 6.07) is 10.1. The van der Waals surface area contributed by atoms with Crippen LogP contribution in [0.3, 0.4) is 0 Å². The van der Waals surface area contributed by atoms with Gasteiger partial charge in [0, 0.05) is 32.0 Å². The zero-order valence-corrected chi connectivity index (χ0v) is 16.7. The zero-order valence-electron chi connectivity index (χ0n) is 14.4. The molecule has 1 aliphatic rings. The molecule has 7 heteroatoms. The molecule has 0 saturated heterocycles. The number of pyridine rings is 1. The van der Waals surface area contributed by atoms with E-state index in [0.717, 1.165) is 41.7 Å². The van der Waals surface area contributed by atoms with E-state index in [0.29, 0.717) is 13.3 Å². The van der Waals surface area contributed by atoms with E-state index in [-0.39, 0.29) is 24.0 Å². The Labute approximate surface area is 165 Å². The highest BCUT2D eigenvalue weighted by atomic mass is 127. The second kappa shape index (κ2) is 9.45. The van der Waals surface area contributed by atoms with Gasteiger partial charge in [-0.2, -0.15) is 0 Å². The topological polar surface area (TPSA) is 67.8 Å². The second-order valence-electron chi connectivity index (χ2n) is 5.60. The highest BCUT2D eigenvalue weighted by Gasteiger charge is 2.13. The van der Waals surface area contributed by atoms with Crippen LogP contribution in [0.5, 0.6) is 11.5 Å². The lowest BCUT2D eigenvalue weighted by Crippen LogP contribution is -2.37. The third-order valence-corrected chi connectivity index (χ3v) is 3.80. The summed E-state index contributed by atoms with van der Waals surface area (Å²) in [6.45, 7) is 3.75. The number of aryl methyl sites for hydroxylation is 1. The molecule has 25 heavy (non-hydrogen) atoms.